The van der Waals surface area contributed by atoms with Gasteiger partial charge in [0.2, 0.25) is 10.0 Å². The van der Waals surface area contributed by atoms with Gasteiger partial charge in [-0.2, -0.15) is 5.26 Å². The summed E-state index contributed by atoms with van der Waals surface area (Å²) in [7, 11) is -3.40. The van der Waals surface area contributed by atoms with E-state index < -0.39 is 10.0 Å². The summed E-state index contributed by atoms with van der Waals surface area (Å²) in [4.78, 5) is 0. The average Bonchev–Trinajstić information content (AvgIpc) is 2.41. The number of rotatable bonds is 4. The van der Waals surface area contributed by atoms with Crippen molar-refractivity contribution in [3.63, 3.8) is 0 Å². The van der Waals surface area contributed by atoms with E-state index in [1.54, 1.807) is 24.3 Å². The van der Waals surface area contributed by atoms with Crippen LogP contribution in [0.5, 0.6) is 0 Å². The molecule has 2 rings (SSSR count). The fraction of sp³-hybridized carbons (Fsp3) is 0.500. The number of nitrogens with two attached hydrogens (primary N) is 1. The highest BCUT2D eigenvalue weighted by atomic mass is 32.2. The maximum Gasteiger partial charge on any atom is 0.216 e. The van der Waals surface area contributed by atoms with Crippen LogP contribution in [-0.2, 0) is 15.8 Å². The maximum absolute atomic E-state index is 12.1. The average molecular weight is 293 g/mol. The van der Waals surface area contributed by atoms with Crippen LogP contribution in [0.1, 0.15) is 36.8 Å². The minimum absolute atomic E-state index is 0.0814. The molecule has 0 amide bonds. The van der Waals surface area contributed by atoms with Crippen LogP contribution in [0.4, 0.5) is 0 Å². The van der Waals surface area contributed by atoms with E-state index in [1.165, 1.54) is 0 Å². The Morgan fingerprint density at radius 2 is 1.90 bits per heavy atom. The Hall–Kier alpha value is -1.42. The van der Waals surface area contributed by atoms with Crippen LogP contribution in [0.15, 0.2) is 24.3 Å². The van der Waals surface area contributed by atoms with Gasteiger partial charge < -0.3 is 5.73 Å². The standard InChI is InChI=1S/C14H19N3O2S/c15-9-11-5-7-12(8-6-11)10-20(18,19)17-14-4-2-1-3-13(14)16/h5-8,13-14,17H,1-4,10,16H2/t13-,14-/m1/s1. The normalized spacial score (nSPS) is 23.2. The van der Waals surface area contributed by atoms with E-state index in [-0.39, 0.29) is 17.8 Å². The third kappa shape index (κ3) is 4.04. The predicted molar refractivity (Wildman–Crippen MR) is 77.1 cm³/mol. The number of hydrogen-bond acceptors (Lipinski definition) is 4. The van der Waals surface area contributed by atoms with E-state index in [0.717, 1.165) is 25.7 Å². The first-order valence-electron chi connectivity index (χ1n) is 6.75. The third-order valence-electron chi connectivity index (χ3n) is 3.59. The van der Waals surface area contributed by atoms with E-state index in [4.69, 9.17) is 11.0 Å². The van der Waals surface area contributed by atoms with Gasteiger partial charge in [0.15, 0.2) is 0 Å². The van der Waals surface area contributed by atoms with Crippen molar-refractivity contribution < 1.29 is 8.42 Å². The fourth-order valence-corrected chi connectivity index (χ4v) is 3.94. The van der Waals surface area contributed by atoms with Crippen LogP contribution < -0.4 is 10.5 Å². The first-order valence-corrected chi connectivity index (χ1v) is 8.40. The summed E-state index contributed by atoms with van der Waals surface area (Å²) in [6.07, 6.45) is 3.74. The molecule has 0 saturated heterocycles. The quantitative estimate of drug-likeness (QED) is 0.873. The van der Waals surface area contributed by atoms with Crippen molar-refractivity contribution in [3.05, 3.63) is 35.4 Å². The van der Waals surface area contributed by atoms with Gasteiger partial charge in [-0.1, -0.05) is 25.0 Å². The van der Waals surface area contributed by atoms with Crippen LogP contribution in [0.3, 0.4) is 0 Å². The fourth-order valence-electron chi connectivity index (χ4n) is 2.47. The van der Waals surface area contributed by atoms with Crippen molar-refractivity contribution in [3.8, 4) is 6.07 Å². The van der Waals surface area contributed by atoms with Crippen LogP contribution in [0.2, 0.25) is 0 Å². The molecule has 1 fully saturated rings. The lowest BCUT2D eigenvalue weighted by Crippen LogP contribution is -2.49. The zero-order chi connectivity index (χ0) is 14.6. The second kappa shape index (κ2) is 6.35. The highest BCUT2D eigenvalue weighted by Crippen LogP contribution is 2.18. The van der Waals surface area contributed by atoms with Crippen LogP contribution in [0.25, 0.3) is 0 Å². The number of sulfonamides is 1. The van der Waals surface area contributed by atoms with Crippen molar-refractivity contribution in [2.24, 2.45) is 5.73 Å². The molecule has 20 heavy (non-hydrogen) atoms. The van der Waals surface area contributed by atoms with Crippen molar-refractivity contribution in [1.82, 2.24) is 4.72 Å². The summed E-state index contributed by atoms with van der Waals surface area (Å²) in [5, 5.41) is 8.71. The number of nitrogens with zero attached hydrogens (tertiary/aromatic N) is 1. The predicted octanol–water partition coefficient (Wildman–Crippen LogP) is 1.25. The van der Waals surface area contributed by atoms with E-state index in [2.05, 4.69) is 4.72 Å². The molecule has 108 valence electrons. The Labute approximate surface area is 119 Å². The van der Waals surface area contributed by atoms with Gasteiger partial charge in [0, 0.05) is 12.1 Å². The molecule has 1 aromatic rings. The van der Waals surface area contributed by atoms with E-state index in [9.17, 15) is 8.42 Å². The molecule has 0 unspecified atom stereocenters. The zero-order valence-corrected chi connectivity index (χ0v) is 12.1. The van der Waals surface area contributed by atoms with Gasteiger partial charge in [-0.25, -0.2) is 13.1 Å². The van der Waals surface area contributed by atoms with Crippen LogP contribution in [-0.4, -0.2) is 20.5 Å². The Kier molecular flexibility index (Phi) is 4.76. The summed E-state index contributed by atoms with van der Waals surface area (Å²) in [5.74, 6) is -0.0814. The lowest BCUT2D eigenvalue weighted by atomic mass is 9.92. The van der Waals surface area contributed by atoms with Gasteiger partial charge in [-0.05, 0) is 30.5 Å². The summed E-state index contributed by atoms with van der Waals surface area (Å²) < 4.78 is 27.0. The van der Waals surface area contributed by atoms with Crippen molar-refractivity contribution >= 4 is 10.0 Å². The van der Waals surface area contributed by atoms with Crippen LogP contribution in [0, 0.1) is 11.3 Å². The van der Waals surface area contributed by atoms with E-state index in [1.807, 2.05) is 6.07 Å². The summed E-state index contributed by atoms with van der Waals surface area (Å²) >= 11 is 0. The largest absolute Gasteiger partial charge is 0.326 e. The molecule has 0 radical (unpaired) electrons. The number of nitriles is 1. The maximum atomic E-state index is 12.1. The SMILES string of the molecule is N#Cc1ccc(CS(=O)(=O)N[C@@H]2CCCC[C@H]2N)cc1. The van der Waals surface area contributed by atoms with Gasteiger partial charge in [-0.15, -0.1) is 0 Å². The van der Waals surface area contributed by atoms with E-state index in [0.29, 0.717) is 11.1 Å². The number of hydrogen-bond donors (Lipinski definition) is 2. The van der Waals surface area contributed by atoms with Gasteiger partial charge in [0.05, 0.1) is 17.4 Å². The van der Waals surface area contributed by atoms with Crippen molar-refractivity contribution in [1.29, 1.82) is 5.26 Å². The van der Waals surface area contributed by atoms with Gasteiger partial charge >= 0.3 is 0 Å². The van der Waals surface area contributed by atoms with Gasteiger partial charge in [0.1, 0.15) is 0 Å². The first kappa shape index (κ1) is 15.0. The second-order valence-corrected chi connectivity index (χ2v) is 6.99. The lowest BCUT2D eigenvalue weighted by Gasteiger charge is -2.29. The molecule has 3 N–H and O–H groups in total. The molecule has 1 aliphatic rings. The van der Waals surface area contributed by atoms with Crippen molar-refractivity contribution in [2.45, 2.75) is 43.5 Å². The molecule has 0 aromatic heterocycles. The van der Waals surface area contributed by atoms with E-state index >= 15 is 0 Å². The molecule has 0 aliphatic heterocycles. The van der Waals surface area contributed by atoms with Gasteiger partial charge in [-0.3, -0.25) is 0 Å². The molecule has 2 atom stereocenters. The summed E-state index contributed by atoms with van der Waals surface area (Å²) in [5.41, 5.74) is 7.14. The highest BCUT2D eigenvalue weighted by Gasteiger charge is 2.26. The topological polar surface area (TPSA) is 96.0 Å². The molecule has 0 spiro atoms. The van der Waals surface area contributed by atoms with Gasteiger partial charge in [0.25, 0.3) is 0 Å². The molecular formula is C14H19N3O2S. The third-order valence-corrected chi connectivity index (χ3v) is 4.97. The lowest BCUT2D eigenvalue weighted by molar-refractivity contribution is 0.361. The Balaban J connectivity index is 2.01. The molecule has 1 aromatic carbocycles. The highest BCUT2D eigenvalue weighted by molar-refractivity contribution is 7.88. The summed E-state index contributed by atoms with van der Waals surface area (Å²) in [6, 6.07) is 8.32. The molecule has 0 heterocycles. The monoisotopic (exact) mass is 293 g/mol. The molecule has 1 aliphatic carbocycles. The van der Waals surface area contributed by atoms with Crippen LogP contribution >= 0.6 is 0 Å². The minimum atomic E-state index is -3.40. The second-order valence-electron chi connectivity index (χ2n) is 5.24. The molecule has 6 heteroatoms. The number of nitrogens with one attached hydrogen (secondary N) is 1. The first-order chi connectivity index (χ1) is 9.50. The summed E-state index contributed by atoms with van der Waals surface area (Å²) in [6.45, 7) is 0. The Morgan fingerprint density at radius 1 is 1.25 bits per heavy atom. The Bertz CT molecular complexity index is 590. The molecular weight excluding hydrogens is 274 g/mol. The minimum Gasteiger partial charge on any atom is -0.326 e. The Morgan fingerprint density at radius 3 is 2.50 bits per heavy atom. The molecule has 1 saturated carbocycles. The number of benzene rings is 1. The molecule has 5 nitrogen and oxygen atoms in total. The molecule has 0 bridgehead atoms. The zero-order valence-electron chi connectivity index (χ0n) is 11.2. The smallest absolute Gasteiger partial charge is 0.216 e. The van der Waals surface area contributed by atoms with Crippen molar-refractivity contribution in [2.75, 3.05) is 0 Å².